The maximum atomic E-state index is 6.25. The monoisotopic (exact) mass is 259 g/mol. The van der Waals surface area contributed by atoms with E-state index in [2.05, 4.69) is 38.1 Å². The van der Waals surface area contributed by atoms with Crippen molar-refractivity contribution in [2.45, 2.75) is 26.3 Å². The second-order valence-electron chi connectivity index (χ2n) is 4.78. The molecule has 0 aliphatic heterocycles. The second-order valence-corrected chi connectivity index (χ2v) is 5.22. The second kappa shape index (κ2) is 5.55. The summed E-state index contributed by atoms with van der Waals surface area (Å²) < 4.78 is 0. The molecule has 0 saturated carbocycles. The van der Waals surface area contributed by atoms with E-state index in [0.717, 1.165) is 11.4 Å². The van der Waals surface area contributed by atoms with Gasteiger partial charge in [0.25, 0.3) is 0 Å². The molecule has 0 aliphatic carbocycles. The van der Waals surface area contributed by atoms with Crippen LogP contribution in [0.5, 0.6) is 0 Å². The third-order valence-electron chi connectivity index (χ3n) is 3.30. The molecule has 0 aliphatic rings. The Bertz CT molecular complexity index is 549. The zero-order chi connectivity index (χ0) is 13.1. The van der Waals surface area contributed by atoms with Gasteiger partial charge in [0.2, 0.25) is 0 Å². The van der Waals surface area contributed by atoms with Crippen molar-refractivity contribution in [3.05, 3.63) is 69.7 Å². The topological polar surface area (TPSA) is 26.0 Å². The van der Waals surface area contributed by atoms with E-state index in [-0.39, 0.29) is 6.04 Å². The van der Waals surface area contributed by atoms with E-state index in [0.29, 0.717) is 0 Å². The largest absolute Gasteiger partial charge is 0.324 e. The van der Waals surface area contributed by atoms with E-state index in [1.54, 1.807) is 0 Å². The fraction of sp³-hybridized carbons (Fsp3) is 0.250. The molecule has 2 rings (SSSR count). The van der Waals surface area contributed by atoms with Gasteiger partial charge in [-0.25, -0.2) is 0 Å². The highest BCUT2D eigenvalue weighted by Crippen LogP contribution is 2.20. The molecule has 0 heterocycles. The Kier molecular flexibility index (Phi) is 4.05. The predicted octanol–water partition coefficient (Wildman–Crippen LogP) is 4.20. The maximum absolute atomic E-state index is 6.25. The number of hydrogen-bond acceptors (Lipinski definition) is 1. The van der Waals surface area contributed by atoms with Crippen molar-refractivity contribution in [1.82, 2.24) is 0 Å². The summed E-state index contributed by atoms with van der Waals surface area (Å²) in [6, 6.07) is 14.3. The fourth-order valence-corrected chi connectivity index (χ4v) is 2.24. The van der Waals surface area contributed by atoms with Crippen LogP contribution in [-0.2, 0) is 6.42 Å². The molecule has 0 amide bonds. The first-order valence-electron chi connectivity index (χ1n) is 6.13. The molecule has 0 aromatic heterocycles. The predicted molar refractivity (Wildman–Crippen MR) is 78.0 cm³/mol. The highest BCUT2D eigenvalue weighted by Gasteiger charge is 2.08. The molecule has 0 spiro atoms. The summed E-state index contributed by atoms with van der Waals surface area (Å²) in [5, 5.41) is 0.764. The molecule has 0 bridgehead atoms. The number of halogens is 1. The first-order valence-corrected chi connectivity index (χ1v) is 6.51. The van der Waals surface area contributed by atoms with E-state index in [9.17, 15) is 0 Å². The van der Waals surface area contributed by atoms with Gasteiger partial charge in [-0.05, 0) is 54.7 Å². The van der Waals surface area contributed by atoms with Gasteiger partial charge in [0, 0.05) is 11.1 Å². The van der Waals surface area contributed by atoms with Gasteiger partial charge < -0.3 is 5.73 Å². The van der Waals surface area contributed by atoms with Crippen LogP contribution in [0.4, 0.5) is 0 Å². The van der Waals surface area contributed by atoms with Crippen molar-refractivity contribution in [2.24, 2.45) is 5.73 Å². The van der Waals surface area contributed by atoms with Gasteiger partial charge >= 0.3 is 0 Å². The summed E-state index contributed by atoms with van der Waals surface area (Å²) in [5.41, 5.74) is 11.2. The van der Waals surface area contributed by atoms with Gasteiger partial charge in [-0.3, -0.25) is 0 Å². The summed E-state index contributed by atoms with van der Waals surface area (Å²) in [7, 11) is 0. The molecule has 0 fully saturated rings. The van der Waals surface area contributed by atoms with Crippen LogP contribution in [0.3, 0.4) is 0 Å². The Balaban J connectivity index is 2.16. The summed E-state index contributed by atoms with van der Waals surface area (Å²) >= 11 is 5.98. The van der Waals surface area contributed by atoms with Crippen molar-refractivity contribution < 1.29 is 0 Å². The average molecular weight is 260 g/mol. The molecule has 1 atom stereocenters. The molecule has 0 radical (unpaired) electrons. The van der Waals surface area contributed by atoms with Gasteiger partial charge in [0.15, 0.2) is 0 Å². The van der Waals surface area contributed by atoms with Gasteiger partial charge in [-0.2, -0.15) is 0 Å². The highest BCUT2D eigenvalue weighted by molar-refractivity contribution is 6.30. The lowest BCUT2D eigenvalue weighted by Gasteiger charge is -2.14. The Morgan fingerprint density at radius 1 is 1.06 bits per heavy atom. The Hall–Kier alpha value is -1.31. The molecule has 94 valence electrons. The first kappa shape index (κ1) is 13.1. The standard InChI is InChI=1S/C16H18ClN/c1-11-6-7-14(8-12(11)2)16(18)10-13-4-3-5-15(17)9-13/h3-9,16H,10,18H2,1-2H3. The normalized spacial score (nSPS) is 12.4. The lowest BCUT2D eigenvalue weighted by Crippen LogP contribution is -2.13. The summed E-state index contributed by atoms with van der Waals surface area (Å²) in [6.45, 7) is 4.23. The summed E-state index contributed by atoms with van der Waals surface area (Å²) in [4.78, 5) is 0. The molecular formula is C16H18ClN. The third-order valence-corrected chi connectivity index (χ3v) is 3.54. The van der Waals surface area contributed by atoms with Crippen molar-refractivity contribution >= 4 is 11.6 Å². The average Bonchev–Trinajstić information content (AvgIpc) is 2.32. The Labute approximate surface area is 114 Å². The van der Waals surface area contributed by atoms with Crippen molar-refractivity contribution in [3.63, 3.8) is 0 Å². The molecule has 2 heteroatoms. The zero-order valence-corrected chi connectivity index (χ0v) is 11.5. The minimum atomic E-state index is 0.0165. The maximum Gasteiger partial charge on any atom is 0.0408 e. The SMILES string of the molecule is Cc1ccc(C(N)Cc2cccc(Cl)c2)cc1C. The van der Waals surface area contributed by atoms with Crippen molar-refractivity contribution in [3.8, 4) is 0 Å². The van der Waals surface area contributed by atoms with Crippen LogP contribution in [-0.4, -0.2) is 0 Å². The highest BCUT2D eigenvalue weighted by atomic mass is 35.5. The molecule has 2 aromatic rings. The lowest BCUT2D eigenvalue weighted by molar-refractivity contribution is 0.721. The number of rotatable bonds is 3. The molecule has 2 aromatic carbocycles. The van der Waals surface area contributed by atoms with Gasteiger partial charge in [0.1, 0.15) is 0 Å². The molecule has 1 nitrogen and oxygen atoms in total. The minimum Gasteiger partial charge on any atom is -0.324 e. The minimum absolute atomic E-state index is 0.0165. The van der Waals surface area contributed by atoms with E-state index in [4.69, 9.17) is 17.3 Å². The summed E-state index contributed by atoms with van der Waals surface area (Å²) in [6.07, 6.45) is 0.809. The van der Waals surface area contributed by atoms with Gasteiger partial charge in [-0.1, -0.05) is 41.9 Å². The van der Waals surface area contributed by atoms with E-state index >= 15 is 0 Å². The van der Waals surface area contributed by atoms with Crippen LogP contribution in [0.25, 0.3) is 0 Å². The van der Waals surface area contributed by atoms with Crippen molar-refractivity contribution in [1.29, 1.82) is 0 Å². The third kappa shape index (κ3) is 3.12. The van der Waals surface area contributed by atoms with Crippen LogP contribution >= 0.6 is 11.6 Å². The Morgan fingerprint density at radius 3 is 2.50 bits per heavy atom. The van der Waals surface area contributed by atoms with E-state index < -0.39 is 0 Å². The smallest absolute Gasteiger partial charge is 0.0408 e. The van der Waals surface area contributed by atoms with Crippen LogP contribution in [0, 0.1) is 13.8 Å². The number of hydrogen-bond donors (Lipinski definition) is 1. The molecule has 2 N–H and O–H groups in total. The quantitative estimate of drug-likeness (QED) is 0.878. The lowest BCUT2D eigenvalue weighted by atomic mass is 9.97. The first-order chi connectivity index (χ1) is 8.56. The zero-order valence-electron chi connectivity index (χ0n) is 10.8. The molecule has 0 saturated heterocycles. The van der Waals surface area contributed by atoms with Gasteiger partial charge in [-0.15, -0.1) is 0 Å². The fourth-order valence-electron chi connectivity index (χ4n) is 2.03. The van der Waals surface area contributed by atoms with E-state index in [1.807, 2.05) is 18.2 Å². The van der Waals surface area contributed by atoms with Gasteiger partial charge in [0.05, 0.1) is 0 Å². The summed E-state index contributed by atoms with van der Waals surface area (Å²) in [5.74, 6) is 0. The molecule has 1 unspecified atom stereocenters. The number of nitrogens with two attached hydrogens (primary N) is 1. The number of benzene rings is 2. The van der Waals surface area contributed by atoms with Crippen molar-refractivity contribution in [2.75, 3.05) is 0 Å². The van der Waals surface area contributed by atoms with Crippen LogP contribution in [0.2, 0.25) is 5.02 Å². The van der Waals surface area contributed by atoms with E-state index in [1.165, 1.54) is 22.3 Å². The van der Waals surface area contributed by atoms with Crippen LogP contribution in [0.15, 0.2) is 42.5 Å². The van der Waals surface area contributed by atoms with Crippen LogP contribution < -0.4 is 5.73 Å². The number of aryl methyl sites for hydroxylation is 2. The molecule has 18 heavy (non-hydrogen) atoms. The van der Waals surface area contributed by atoms with Crippen LogP contribution in [0.1, 0.15) is 28.3 Å². The molecular weight excluding hydrogens is 242 g/mol. The Morgan fingerprint density at radius 2 is 1.83 bits per heavy atom.